The first-order chi connectivity index (χ1) is 5.76. The molecule has 1 aliphatic rings. The van der Waals surface area contributed by atoms with Gasteiger partial charge in [0.25, 0.3) is 0 Å². The van der Waals surface area contributed by atoms with E-state index in [1.807, 2.05) is 6.08 Å². The van der Waals surface area contributed by atoms with E-state index in [0.717, 1.165) is 19.3 Å². The molecule has 0 N–H and O–H groups in total. The van der Waals surface area contributed by atoms with Gasteiger partial charge in [0.05, 0.1) is 18.3 Å². The van der Waals surface area contributed by atoms with E-state index in [-0.39, 0.29) is 0 Å². The smallest absolute Gasteiger partial charge is 0.0637 e. The summed E-state index contributed by atoms with van der Waals surface area (Å²) in [6.45, 7) is 5.81. The molecule has 1 rings (SSSR count). The Hall–Kier alpha value is -0.340. The Morgan fingerprint density at radius 3 is 2.92 bits per heavy atom. The van der Waals surface area contributed by atoms with Gasteiger partial charge < -0.3 is 9.47 Å². The zero-order valence-corrected chi connectivity index (χ0v) is 7.95. The lowest BCUT2D eigenvalue weighted by Crippen LogP contribution is -2.34. The normalized spacial score (nSPS) is 36.3. The summed E-state index contributed by atoms with van der Waals surface area (Å²) >= 11 is 0. The Bertz CT molecular complexity index is 145. The van der Waals surface area contributed by atoms with E-state index in [9.17, 15) is 0 Å². The van der Waals surface area contributed by atoms with Crippen LogP contribution in [0.3, 0.4) is 0 Å². The summed E-state index contributed by atoms with van der Waals surface area (Å²) in [5.41, 5.74) is 0. The van der Waals surface area contributed by atoms with Gasteiger partial charge in [-0.2, -0.15) is 0 Å². The zero-order valence-electron chi connectivity index (χ0n) is 7.95. The highest BCUT2D eigenvalue weighted by molar-refractivity contribution is 4.81. The summed E-state index contributed by atoms with van der Waals surface area (Å²) in [7, 11) is 1.77. The molecule has 0 bridgehead atoms. The van der Waals surface area contributed by atoms with Crippen LogP contribution in [-0.4, -0.2) is 25.4 Å². The lowest BCUT2D eigenvalue weighted by molar-refractivity contribution is -0.0965. The highest BCUT2D eigenvalue weighted by Gasteiger charge is 2.25. The minimum Gasteiger partial charge on any atom is -0.381 e. The molecule has 0 aromatic carbocycles. The second-order valence-electron chi connectivity index (χ2n) is 3.42. The standard InChI is InChI=1S/C10H18O2/c1-4-5-9-7-10(11-3)6-8(2)12-9/h4,8-10H,1,5-7H2,2-3H3/t8-,9-,10+/m0/s1. The molecule has 0 saturated carbocycles. The molecule has 0 aliphatic carbocycles. The van der Waals surface area contributed by atoms with Crippen molar-refractivity contribution in [2.75, 3.05) is 7.11 Å². The molecule has 0 aromatic rings. The van der Waals surface area contributed by atoms with Crippen LogP contribution in [-0.2, 0) is 9.47 Å². The molecule has 2 nitrogen and oxygen atoms in total. The fourth-order valence-electron chi connectivity index (χ4n) is 1.73. The van der Waals surface area contributed by atoms with E-state index in [1.165, 1.54) is 0 Å². The average molecular weight is 170 g/mol. The van der Waals surface area contributed by atoms with Gasteiger partial charge in [-0.3, -0.25) is 0 Å². The summed E-state index contributed by atoms with van der Waals surface area (Å²) < 4.78 is 11.0. The Labute approximate surface area is 74.6 Å². The molecular formula is C10H18O2. The molecule has 70 valence electrons. The Kier molecular flexibility index (Phi) is 3.76. The highest BCUT2D eigenvalue weighted by Crippen LogP contribution is 2.23. The van der Waals surface area contributed by atoms with E-state index in [4.69, 9.17) is 9.47 Å². The summed E-state index contributed by atoms with van der Waals surface area (Å²) in [6.07, 6.45) is 5.89. The molecule has 1 heterocycles. The van der Waals surface area contributed by atoms with Crippen molar-refractivity contribution in [3.63, 3.8) is 0 Å². The molecule has 1 saturated heterocycles. The van der Waals surface area contributed by atoms with Crippen LogP contribution in [0, 0.1) is 0 Å². The summed E-state index contributed by atoms with van der Waals surface area (Å²) in [5.74, 6) is 0. The summed E-state index contributed by atoms with van der Waals surface area (Å²) in [6, 6.07) is 0. The molecular weight excluding hydrogens is 152 g/mol. The number of hydrogen-bond acceptors (Lipinski definition) is 2. The molecule has 0 radical (unpaired) electrons. The Balaban J connectivity index is 2.39. The van der Waals surface area contributed by atoms with Crippen molar-refractivity contribution in [2.45, 2.75) is 44.5 Å². The van der Waals surface area contributed by atoms with Gasteiger partial charge in [0.2, 0.25) is 0 Å². The largest absolute Gasteiger partial charge is 0.381 e. The van der Waals surface area contributed by atoms with Gasteiger partial charge in [-0.15, -0.1) is 6.58 Å². The molecule has 12 heavy (non-hydrogen) atoms. The number of methoxy groups -OCH3 is 1. The minimum absolute atomic E-state index is 0.316. The Morgan fingerprint density at radius 2 is 2.33 bits per heavy atom. The fourth-order valence-corrected chi connectivity index (χ4v) is 1.73. The van der Waals surface area contributed by atoms with Crippen molar-refractivity contribution >= 4 is 0 Å². The van der Waals surface area contributed by atoms with Gasteiger partial charge in [-0.25, -0.2) is 0 Å². The SMILES string of the molecule is C=CC[C@H]1C[C@H](OC)C[C@H](C)O1. The zero-order chi connectivity index (χ0) is 8.97. The van der Waals surface area contributed by atoms with Crippen LogP contribution in [0.2, 0.25) is 0 Å². The van der Waals surface area contributed by atoms with Gasteiger partial charge in [-0.05, 0) is 19.8 Å². The molecule has 3 atom stereocenters. The fraction of sp³-hybridized carbons (Fsp3) is 0.800. The van der Waals surface area contributed by atoms with E-state index >= 15 is 0 Å². The first-order valence-electron chi connectivity index (χ1n) is 4.55. The monoisotopic (exact) mass is 170 g/mol. The maximum absolute atomic E-state index is 5.71. The molecule has 0 spiro atoms. The minimum atomic E-state index is 0.316. The van der Waals surface area contributed by atoms with E-state index in [2.05, 4.69) is 13.5 Å². The van der Waals surface area contributed by atoms with Crippen molar-refractivity contribution in [3.8, 4) is 0 Å². The maximum atomic E-state index is 5.71. The molecule has 1 fully saturated rings. The van der Waals surface area contributed by atoms with Crippen LogP contribution in [0.1, 0.15) is 26.2 Å². The van der Waals surface area contributed by atoms with Crippen LogP contribution in [0.15, 0.2) is 12.7 Å². The average Bonchev–Trinajstić information content (AvgIpc) is 2.04. The van der Waals surface area contributed by atoms with Gasteiger partial charge in [-0.1, -0.05) is 6.08 Å². The van der Waals surface area contributed by atoms with Crippen molar-refractivity contribution in [3.05, 3.63) is 12.7 Å². The predicted octanol–water partition coefficient (Wildman–Crippen LogP) is 2.15. The van der Waals surface area contributed by atoms with Crippen LogP contribution in [0.25, 0.3) is 0 Å². The van der Waals surface area contributed by atoms with Crippen molar-refractivity contribution in [1.82, 2.24) is 0 Å². The quantitative estimate of drug-likeness (QED) is 0.604. The van der Waals surface area contributed by atoms with Gasteiger partial charge in [0.15, 0.2) is 0 Å². The van der Waals surface area contributed by atoms with Crippen molar-refractivity contribution in [1.29, 1.82) is 0 Å². The van der Waals surface area contributed by atoms with Gasteiger partial charge in [0.1, 0.15) is 0 Å². The van der Waals surface area contributed by atoms with Crippen LogP contribution >= 0.6 is 0 Å². The maximum Gasteiger partial charge on any atom is 0.0637 e. The lowest BCUT2D eigenvalue weighted by Gasteiger charge is -2.32. The van der Waals surface area contributed by atoms with E-state index in [1.54, 1.807) is 7.11 Å². The molecule has 0 unspecified atom stereocenters. The molecule has 0 aromatic heterocycles. The topological polar surface area (TPSA) is 18.5 Å². The summed E-state index contributed by atoms with van der Waals surface area (Å²) in [5, 5.41) is 0. The second kappa shape index (κ2) is 4.63. The number of ether oxygens (including phenoxy) is 2. The van der Waals surface area contributed by atoms with Crippen LogP contribution in [0.4, 0.5) is 0 Å². The van der Waals surface area contributed by atoms with E-state index in [0.29, 0.717) is 18.3 Å². The predicted molar refractivity (Wildman–Crippen MR) is 49.2 cm³/mol. The van der Waals surface area contributed by atoms with Crippen LogP contribution in [0.5, 0.6) is 0 Å². The third-order valence-electron chi connectivity index (χ3n) is 2.31. The number of hydrogen-bond donors (Lipinski definition) is 0. The van der Waals surface area contributed by atoms with Crippen LogP contribution < -0.4 is 0 Å². The third-order valence-corrected chi connectivity index (χ3v) is 2.31. The third kappa shape index (κ3) is 2.61. The molecule has 1 aliphatic heterocycles. The molecule has 2 heteroatoms. The van der Waals surface area contributed by atoms with Crippen molar-refractivity contribution in [2.24, 2.45) is 0 Å². The van der Waals surface area contributed by atoms with Crippen molar-refractivity contribution < 1.29 is 9.47 Å². The first kappa shape index (κ1) is 9.75. The van der Waals surface area contributed by atoms with Gasteiger partial charge >= 0.3 is 0 Å². The second-order valence-corrected chi connectivity index (χ2v) is 3.42. The first-order valence-corrected chi connectivity index (χ1v) is 4.55. The number of rotatable bonds is 3. The Morgan fingerprint density at radius 1 is 1.58 bits per heavy atom. The lowest BCUT2D eigenvalue weighted by atomic mass is 10.00. The summed E-state index contributed by atoms with van der Waals surface area (Å²) in [4.78, 5) is 0. The van der Waals surface area contributed by atoms with Gasteiger partial charge in [0, 0.05) is 13.5 Å². The highest BCUT2D eigenvalue weighted by atomic mass is 16.5. The molecule has 0 amide bonds. The van der Waals surface area contributed by atoms with E-state index < -0.39 is 0 Å².